The molecule has 166 valence electrons. The minimum atomic E-state index is -0.354. The van der Waals surface area contributed by atoms with Crippen molar-refractivity contribution in [3.8, 4) is 5.69 Å². The fourth-order valence-electron chi connectivity index (χ4n) is 3.84. The van der Waals surface area contributed by atoms with Crippen molar-refractivity contribution in [3.63, 3.8) is 0 Å². The lowest BCUT2D eigenvalue weighted by atomic mass is 9.86. The average Bonchev–Trinajstić information content (AvgIpc) is 2.80. The molecule has 0 unspecified atom stereocenters. The van der Waals surface area contributed by atoms with Crippen molar-refractivity contribution in [1.29, 1.82) is 0 Å². The molecule has 0 spiro atoms. The Bertz CT molecular complexity index is 1160. The van der Waals surface area contributed by atoms with Crippen LogP contribution in [-0.2, 0) is 5.41 Å². The van der Waals surface area contributed by atoms with Gasteiger partial charge in [0.05, 0.1) is 17.6 Å². The molecule has 0 atom stereocenters. The number of carbonyl (C=O) groups is 1. The van der Waals surface area contributed by atoms with Gasteiger partial charge in [-0.15, -0.1) is 0 Å². The highest BCUT2D eigenvalue weighted by atomic mass is 35.5. The first-order valence-electron chi connectivity index (χ1n) is 10.7. The third kappa shape index (κ3) is 4.41. The van der Waals surface area contributed by atoms with Gasteiger partial charge in [0.15, 0.2) is 0 Å². The molecule has 0 saturated carbocycles. The van der Waals surface area contributed by atoms with Gasteiger partial charge in [-0.25, -0.2) is 0 Å². The number of rotatable bonds is 3. The van der Waals surface area contributed by atoms with Gasteiger partial charge >= 0.3 is 0 Å². The van der Waals surface area contributed by atoms with Crippen LogP contribution in [0.25, 0.3) is 5.69 Å². The van der Waals surface area contributed by atoms with Gasteiger partial charge in [-0.05, 0) is 35.2 Å². The highest BCUT2D eigenvalue weighted by Gasteiger charge is 2.25. The number of carbonyl (C=O) groups excluding carboxylic acids is 1. The number of amides is 1. The number of anilines is 1. The Hall–Kier alpha value is -3.12. The second-order valence-corrected chi connectivity index (χ2v) is 9.38. The Labute approximate surface area is 193 Å². The zero-order valence-corrected chi connectivity index (χ0v) is 19.3. The van der Waals surface area contributed by atoms with Crippen LogP contribution in [0, 0.1) is 0 Å². The average molecular weight is 451 g/mol. The number of piperazine rings is 1. The molecule has 1 aromatic heterocycles. The Balaban J connectivity index is 1.45. The summed E-state index contributed by atoms with van der Waals surface area (Å²) in [5, 5.41) is 4.45. The molecule has 0 aliphatic carbocycles. The topological polar surface area (TPSA) is 58.4 Å². The number of hydrogen-bond acceptors (Lipinski definition) is 4. The first kappa shape index (κ1) is 22.1. The zero-order chi connectivity index (χ0) is 22.9. The maximum Gasteiger partial charge on any atom is 0.292 e. The third-order valence-electron chi connectivity index (χ3n) is 5.81. The van der Waals surface area contributed by atoms with Crippen molar-refractivity contribution < 1.29 is 4.79 Å². The van der Waals surface area contributed by atoms with Crippen molar-refractivity contribution in [2.75, 3.05) is 31.1 Å². The largest absolute Gasteiger partial charge is 0.365 e. The molecule has 7 heteroatoms. The maximum atomic E-state index is 12.9. The van der Waals surface area contributed by atoms with Crippen molar-refractivity contribution in [2.45, 2.75) is 26.2 Å². The molecule has 32 heavy (non-hydrogen) atoms. The fourth-order valence-corrected chi connectivity index (χ4v) is 4.09. The molecule has 2 heterocycles. The van der Waals surface area contributed by atoms with Gasteiger partial charge < -0.3 is 9.80 Å². The van der Waals surface area contributed by atoms with Crippen LogP contribution in [-0.4, -0.2) is 46.8 Å². The van der Waals surface area contributed by atoms with Gasteiger partial charge in [-0.1, -0.05) is 62.7 Å². The normalized spacial score (nSPS) is 14.5. The first-order chi connectivity index (χ1) is 15.3. The Morgan fingerprint density at radius 3 is 2.16 bits per heavy atom. The molecule has 1 amide bonds. The molecule has 1 aliphatic rings. The fraction of sp³-hybridized carbons (Fsp3) is 0.320. The van der Waals surface area contributed by atoms with Gasteiger partial charge in [-0.3, -0.25) is 9.59 Å². The lowest BCUT2D eigenvalue weighted by Crippen LogP contribution is -2.49. The lowest BCUT2D eigenvalue weighted by molar-refractivity contribution is 0.0746. The molecular weight excluding hydrogens is 424 g/mol. The minimum Gasteiger partial charge on any atom is -0.365 e. The van der Waals surface area contributed by atoms with Crippen LogP contribution in [0.5, 0.6) is 0 Å². The summed E-state index contributed by atoms with van der Waals surface area (Å²) in [6, 6.07) is 17.0. The molecular formula is C25H27ClN4O2. The number of halogens is 1. The predicted octanol–water partition coefficient (Wildman–Crippen LogP) is 4.15. The summed E-state index contributed by atoms with van der Waals surface area (Å²) in [5.74, 6) is 0.0221. The van der Waals surface area contributed by atoms with E-state index in [4.69, 9.17) is 11.6 Å². The standard InChI is InChI=1S/C25H27ClN4O2/c1-25(2,3)19-11-9-18(10-12-19)23(31)29-15-13-28(14-16-29)21-17-27-30(24(32)22(21)26)20-7-5-4-6-8-20/h4-12,17H,13-16H2,1-3H3. The van der Waals surface area contributed by atoms with Crippen molar-refractivity contribution in [2.24, 2.45) is 0 Å². The number of aromatic nitrogens is 2. The van der Waals surface area contributed by atoms with E-state index >= 15 is 0 Å². The van der Waals surface area contributed by atoms with Crippen molar-refractivity contribution in [1.82, 2.24) is 14.7 Å². The molecule has 1 aliphatic heterocycles. The summed E-state index contributed by atoms with van der Waals surface area (Å²) in [6.45, 7) is 8.74. The second kappa shape index (κ2) is 8.79. The quantitative estimate of drug-likeness (QED) is 0.601. The number of para-hydroxylation sites is 1. The van der Waals surface area contributed by atoms with Crippen LogP contribution in [0.1, 0.15) is 36.7 Å². The number of hydrogen-bond donors (Lipinski definition) is 0. The Morgan fingerprint density at radius 1 is 0.938 bits per heavy atom. The van der Waals surface area contributed by atoms with Crippen molar-refractivity contribution >= 4 is 23.2 Å². The first-order valence-corrected chi connectivity index (χ1v) is 11.1. The highest BCUT2D eigenvalue weighted by molar-refractivity contribution is 6.33. The van der Waals surface area contributed by atoms with Crippen LogP contribution in [0.4, 0.5) is 5.69 Å². The van der Waals surface area contributed by atoms with E-state index < -0.39 is 0 Å². The van der Waals surface area contributed by atoms with Crippen LogP contribution in [0.2, 0.25) is 5.02 Å². The smallest absolute Gasteiger partial charge is 0.292 e. The van der Waals surface area contributed by atoms with E-state index in [1.807, 2.05) is 64.4 Å². The summed E-state index contributed by atoms with van der Waals surface area (Å²) >= 11 is 6.43. The van der Waals surface area contributed by atoms with E-state index in [-0.39, 0.29) is 21.9 Å². The summed E-state index contributed by atoms with van der Waals surface area (Å²) < 4.78 is 1.30. The van der Waals surface area contributed by atoms with Gasteiger partial charge in [-0.2, -0.15) is 9.78 Å². The van der Waals surface area contributed by atoms with E-state index in [0.717, 1.165) is 0 Å². The van der Waals surface area contributed by atoms with Gasteiger partial charge in [0, 0.05) is 31.7 Å². The van der Waals surface area contributed by atoms with E-state index in [0.29, 0.717) is 43.1 Å². The van der Waals surface area contributed by atoms with E-state index in [1.54, 1.807) is 6.20 Å². The van der Waals surface area contributed by atoms with Crippen LogP contribution >= 0.6 is 11.6 Å². The molecule has 4 rings (SSSR count). The molecule has 0 bridgehead atoms. The molecule has 2 aromatic carbocycles. The molecule has 1 fully saturated rings. The second-order valence-electron chi connectivity index (χ2n) is 9.00. The lowest BCUT2D eigenvalue weighted by Gasteiger charge is -2.36. The Morgan fingerprint density at radius 2 is 1.56 bits per heavy atom. The molecule has 0 radical (unpaired) electrons. The van der Waals surface area contributed by atoms with Gasteiger partial charge in [0.1, 0.15) is 5.02 Å². The molecule has 0 N–H and O–H groups in total. The van der Waals surface area contributed by atoms with Crippen molar-refractivity contribution in [3.05, 3.63) is 87.3 Å². The minimum absolute atomic E-state index is 0.0221. The SMILES string of the molecule is CC(C)(C)c1ccc(C(=O)N2CCN(c3cnn(-c4ccccc4)c(=O)c3Cl)CC2)cc1. The molecule has 1 saturated heterocycles. The number of benzene rings is 2. The van der Waals surface area contributed by atoms with Gasteiger partial charge in [0.2, 0.25) is 0 Å². The summed E-state index contributed by atoms with van der Waals surface area (Å²) in [6.07, 6.45) is 1.62. The summed E-state index contributed by atoms with van der Waals surface area (Å²) in [4.78, 5) is 29.6. The number of nitrogens with zero attached hydrogens (tertiary/aromatic N) is 4. The highest BCUT2D eigenvalue weighted by Crippen LogP contribution is 2.25. The van der Waals surface area contributed by atoms with Gasteiger partial charge in [0.25, 0.3) is 11.5 Å². The van der Waals surface area contributed by atoms with E-state index in [2.05, 4.69) is 25.9 Å². The summed E-state index contributed by atoms with van der Waals surface area (Å²) in [7, 11) is 0. The van der Waals surface area contributed by atoms with Crippen LogP contribution in [0.3, 0.4) is 0 Å². The molecule has 3 aromatic rings. The van der Waals surface area contributed by atoms with E-state index in [9.17, 15) is 9.59 Å². The zero-order valence-electron chi connectivity index (χ0n) is 18.6. The van der Waals surface area contributed by atoms with Crippen LogP contribution < -0.4 is 10.5 Å². The third-order valence-corrected chi connectivity index (χ3v) is 6.16. The monoisotopic (exact) mass is 450 g/mol. The Kier molecular flexibility index (Phi) is 6.07. The summed E-state index contributed by atoms with van der Waals surface area (Å²) in [5.41, 5.74) is 2.86. The molecule has 6 nitrogen and oxygen atoms in total. The predicted molar refractivity (Wildman–Crippen MR) is 128 cm³/mol. The maximum absolute atomic E-state index is 12.9. The van der Waals surface area contributed by atoms with Crippen LogP contribution in [0.15, 0.2) is 65.6 Å². The van der Waals surface area contributed by atoms with E-state index in [1.165, 1.54) is 10.2 Å².